The van der Waals surface area contributed by atoms with Crippen LogP contribution in [-0.4, -0.2) is 32.4 Å². The minimum atomic E-state index is -3.49. The normalized spacial score (nSPS) is 15.8. The van der Waals surface area contributed by atoms with Gasteiger partial charge in [-0.2, -0.15) is 4.31 Å². The second-order valence-corrected chi connectivity index (χ2v) is 7.42. The summed E-state index contributed by atoms with van der Waals surface area (Å²) in [6, 6.07) is 5.22. The molecule has 0 heterocycles. The van der Waals surface area contributed by atoms with Gasteiger partial charge in [-0.3, -0.25) is 0 Å². The first-order chi connectivity index (χ1) is 9.00. The molecule has 0 atom stereocenters. The van der Waals surface area contributed by atoms with Crippen LogP contribution in [0.3, 0.4) is 0 Å². The topological polar surface area (TPSA) is 46.6 Å². The van der Waals surface area contributed by atoms with Gasteiger partial charge >= 0.3 is 0 Å². The lowest BCUT2D eigenvalue weighted by molar-refractivity contribution is 0.384. The standard InChI is InChI=1S/C13H18BrNO3S/c1-3-8-15(11-5-6-11)19(16,17)13-9-10(14)4-7-12(13)18-2/h4,7,9,11H,3,5-6,8H2,1-2H3. The molecule has 0 bridgehead atoms. The molecule has 1 fully saturated rings. The summed E-state index contributed by atoms with van der Waals surface area (Å²) in [6.07, 6.45) is 2.72. The van der Waals surface area contributed by atoms with Crippen LogP contribution in [0.4, 0.5) is 0 Å². The van der Waals surface area contributed by atoms with Crippen LogP contribution < -0.4 is 4.74 Å². The van der Waals surface area contributed by atoms with E-state index in [1.54, 1.807) is 22.5 Å². The molecule has 106 valence electrons. The Morgan fingerprint density at radius 2 is 2.11 bits per heavy atom. The molecule has 1 saturated carbocycles. The molecular formula is C13H18BrNO3S. The molecule has 0 aromatic heterocycles. The molecule has 0 unspecified atom stereocenters. The van der Waals surface area contributed by atoms with E-state index in [2.05, 4.69) is 15.9 Å². The summed E-state index contributed by atoms with van der Waals surface area (Å²) in [5.41, 5.74) is 0. The largest absolute Gasteiger partial charge is 0.495 e. The van der Waals surface area contributed by atoms with Crippen LogP contribution in [0.15, 0.2) is 27.6 Å². The Morgan fingerprint density at radius 3 is 2.63 bits per heavy atom. The molecule has 1 aromatic rings. The minimum absolute atomic E-state index is 0.161. The van der Waals surface area contributed by atoms with Crippen LogP contribution in [0.5, 0.6) is 5.75 Å². The number of hydrogen-bond acceptors (Lipinski definition) is 3. The van der Waals surface area contributed by atoms with Gasteiger partial charge in [0.1, 0.15) is 10.6 Å². The third-order valence-corrected chi connectivity index (χ3v) is 5.58. The number of halogens is 1. The second kappa shape index (κ2) is 5.81. The Balaban J connectivity index is 2.45. The van der Waals surface area contributed by atoms with E-state index in [0.29, 0.717) is 12.3 Å². The average Bonchev–Trinajstić information content (AvgIpc) is 3.20. The van der Waals surface area contributed by atoms with Crippen molar-refractivity contribution in [3.8, 4) is 5.75 Å². The molecule has 0 spiro atoms. The summed E-state index contributed by atoms with van der Waals surface area (Å²) in [4.78, 5) is 0.240. The fourth-order valence-electron chi connectivity index (χ4n) is 2.06. The van der Waals surface area contributed by atoms with Crippen molar-refractivity contribution in [2.75, 3.05) is 13.7 Å². The van der Waals surface area contributed by atoms with Gasteiger partial charge < -0.3 is 4.74 Å². The first kappa shape index (κ1) is 14.8. The highest BCUT2D eigenvalue weighted by atomic mass is 79.9. The predicted octanol–water partition coefficient (Wildman–Crippen LogP) is 3.02. The smallest absolute Gasteiger partial charge is 0.247 e. The van der Waals surface area contributed by atoms with Crippen LogP contribution in [0.25, 0.3) is 0 Å². The minimum Gasteiger partial charge on any atom is -0.495 e. The summed E-state index contributed by atoms with van der Waals surface area (Å²) in [5, 5.41) is 0. The van der Waals surface area contributed by atoms with Crippen molar-refractivity contribution in [1.82, 2.24) is 4.31 Å². The zero-order valence-electron chi connectivity index (χ0n) is 11.1. The van der Waals surface area contributed by atoms with Crippen LogP contribution in [0.2, 0.25) is 0 Å². The van der Waals surface area contributed by atoms with Gasteiger partial charge in [-0.1, -0.05) is 22.9 Å². The number of benzene rings is 1. The summed E-state index contributed by atoms with van der Waals surface area (Å²) >= 11 is 3.32. The van der Waals surface area contributed by atoms with Gasteiger partial charge in [0, 0.05) is 17.1 Å². The fraction of sp³-hybridized carbons (Fsp3) is 0.538. The first-order valence-electron chi connectivity index (χ1n) is 6.36. The van der Waals surface area contributed by atoms with Crippen molar-refractivity contribution in [2.24, 2.45) is 0 Å². The number of rotatable bonds is 6. The van der Waals surface area contributed by atoms with E-state index in [1.165, 1.54) is 7.11 Å². The van der Waals surface area contributed by atoms with Gasteiger partial charge in [0.05, 0.1) is 7.11 Å². The molecule has 1 aliphatic rings. The Labute approximate surface area is 122 Å². The third kappa shape index (κ3) is 3.12. The van der Waals surface area contributed by atoms with Crippen LogP contribution in [0, 0.1) is 0 Å². The lowest BCUT2D eigenvalue weighted by Crippen LogP contribution is -2.34. The van der Waals surface area contributed by atoms with E-state index in [-0.39, 0.29) is 10.9 Å². The van der Waals surface area contributed by atoms with Crippen molar-refractivity contribution in [1.29, 1.82) is 0 Å². The van der Waals surface area contributed by atoms with Crippen molar-refractivity contribution in [3.05, 3.63) is 22.7 Å². The Morgan fingerprint density at radius 1 is 1.42 bits per heavy atom. The number of hydrogen-bond donors (Lipinski definition) is 0. The van der Waals surface area contributed by atoms with Gasteiger partial charge in [0.15, 0.2) is 0 Å². The Bertz CT molecular complexity index is 555. The predicted molar refractivity (Wildman–Crippen MR) is 77.9 cm³/mol. The van der Waals surface area contributed by atoms with E-state index in [1.807, 2.05) is 6.92 Å². The average molecular weight is 348 g/mol. The quantitative estimate of drug-likeness (QED) is 0.794. The second-order valence-electron chi connectivity index (χ2n) is 4.64. The van der Waals surface area contributed by atoms with Crippen molar-refractivity contribution >= 4 is 26.0 Å². The summed E-state index contributed by atoms with van der Waals surface area (Å²) in [5.74, 6) is 0.393. The van der Waals surface area contributed by atoms with E-state index in [0.717, 1.165) is 23.7 Å². The number of sulfonamides is 1. The van der Waals surface area contributed by atoms with Gasteiger partial charge in [-0.25, -0.2) is 8.42 Å². The van der Waals surface area contributed by atoms with E-state index >= 15 is 0 Å². The van der Waals surface area contributed by atoms with Crippen molar-refractivity contribution in [2.45, 2.75) is 37.1 Å². The molecule has 0 radical (unpaired) electrons. The van der Waals surface area contributed by atoms with E-state index in [9.17, 15) is 8.42 Å². The Kier molecular flexibility index (Phi) is 4.53. The van der Waals surface area contributed by atoms with Crippen LogP contribution in [0.1, 0.15) is 26.2 Å². The lowest BCUT2D eigenvalue weighted by atomic mass is 10.3. The maximum Gasteiger partial charge on any atom is 0.247 e. The Hall–Kier alpha value is -0.590. The molecule has 0 aliphatic heterocycles. The highest BCUT2D eigenvalue weighted by Crippen LogP contribution is 2.36. The number of nitrogens with zero attached hydrogens (tertiary/aromatic N) is 1. The summed E-state index contributed by atoms with van der Waals surface area (Å²) in [7, 11) is -2.00. The van der Waals surface area contributed by atoms with Crippen molar-refractivity contribution < 1.29 is 13.2 Å². The lowest BCUT2D eigenvalue weighted by Gasteiger charge is -2.22. The maximum atomic E-state index is 12.8. The zero-order chi connectivity index (χ0) is 14.0. The highest BCUT2D eigenvalue weighted by Gasteiger charge is 2.38. The monoisotopic (exact) mass is 347 g/mol. The van der Waals surface area contributed by atoms with Gasteiger partial charge in [-0.15, -0.1) is 0 Å². The van der Waals surface area contributed by atoms with Crippen molar-refractivity contribution in [3.63, 3.8) is 0 Å². The van der Waals surface area contributed by atoms with Crippen LogP contribution >= 0.6 is 15.9 Å². The molecule has 6 heteroatoms. The van der Waals surface area contributed by atoms with Gasteiger partial charge in [-0.05, 0) is 37.5 Å². The molecule has 0 N–H and O–H groups in total. The third-order valence-electron chi connectivity index (χ3n) is 3.11. The molecule has 2 rings (SSSR count). The fourth-order valence-corrected chi connectivity index (χ4v) is 4.53. The molecular weight excluding hydrogens is 330 g/mol. The highest BCUT2D eigenvalue weighted by molar-refractivity contribution is 9.10. The summed E-state index contributed by atoms with van der Waals surface area (Å²) < 4.78 is 33.1. The molecule has 1 aliphatic carbocycles. The summed E-state index contributed by atoms with van der Waals surface area (Å²) in [6.45, 7) is 2.55. The molecule has 4 nitrogen and oxygen atoms in total. The molecule has 19 heavy (non-hydrogen) atoms. The molecule has 0 saturated heterocycles. The first-order valence-corrected chi connectivity index (χ1v) is 8.59. The number of ether oxygens (including phenoxy) is 1. The van der Waals surface area contributed by atoms with Gasteiger partial charge in [0.25, 0.3) is 0 Å². The number of methoxy groups -OCH3 is 1. The molecule has 0 amide bonds. The van der Waals surface area contributed by atoms with Gasteiger partial charge in [0.2, 0.25) is 10.0 Å². The maximum absolute atomic E-state index is 12.8. The molecule has 1 aromatic carbocycles. The van der Waals surface area contributed by atoms with Crippen LogP contribution in [-0.2, 0) is 10.0 Å². The van der Waals surface area contributed by atoms with E-state index < -0.39 is 10.0 Å². The zero-order valence-corrected chi connectivity index (χ0v) is 13.5. The van der Waals surface area contributed by atoms with E-state index in [4.69, 9.17) is 4.74 Å². The SMILES string of the molecule is CCCN(C1CC1)S(=O)(=O)c1cc(Br)ccc1OC.